The summed E-state index contributed by atoms with van der Waals surface area (Å²) in [4.78, 5) is 0. The van der Waals surface area contributed by atoms with Gasteiger partial charge in [0, 0.05) is 19.7 Å². The molecule has 1 aromatic rings. The van der Waals surface area contributed by atoms with Crippen LogP contribution in [0.4, 0.5) is 0 Å². The molecule has 0 bridgehead atoms. The quantitative estimate of drug-likeness (QED) is 0.765. The zero-order chi connectivity index (χ0) is 13.8. The molecule has 1 fully saturated rings. The van der Waals surface area contributed by atoms with Crippen LogP contribution in [0.25, 0.3) is 0 Å². The second-order valence-electron chi connectivity index (χ2n) is 4.82. The van der Waals surface area contributed by atoms with E-state index < -0.39 is 24.6 Å². The Balaban J connectivity index is 1.99. The van der Waals surface area contributed by atoms with Crippen LogP contribution in [-0.4, -0.2) is 56.9 Å². The molecule has 2 N–H and O–H groups in total. The summed E-state index contributed by atoms with van der Waals surface area (Å²) in [5, 5.41) is 27.7. The minimum atomic E-state index is -0.940. The third kappa shape index (κ3) is 3.50. The van der Waals surface area contributed by atoms with Crippen molar-refractivity contribution in [3.63, 3.8) is 0 Å². The molecular weight excluding hydrogens is 250 g/mol. The first kappa shape index (κ1) is 14.4. The Morgan fingerprint density at radius 1 is 1.53 bits per heavy atom. The van der Waals surface area contributed by atoms with Crippen molar-refractivity contribution in [2.75, 3.05) is 7.11 Å². The van der Waals surface area contributed by atoms with Crippen molar-refractivity contribution in [1.29, 1.82) is 0 Å². The molecule has 0 amide bonds. The van der Waals surface area contributed by atoms with Crippen molar-refractivity contribution in [2.45, 2.75) is 57.3 Å². The highest BCUT2D eigenvalue weighted by Crippen LogP contribution is 2.21. The van der Waals surface area contributed by atoms with Gasteiger partial charge in [0.25, 0.3) is 0 Å². The Morgan fingerprint density at radius 3 is 3.00 bits per heavy atom. The van der Waals surface area contributed by atoms with E-state index in [0.29, 0.717) is 6.54 Å². The fourth-order valence-electron chi connectivity index (χ4n) is 2.20. The number of aromatic nitrogens is 3. The Morgan fingerprint density at radius 2 is 2.32 bits per heavy atom. The van der Waals surface area contributed by atoms with Gasteiger partial charge in [0.2, 0.25) is 0 Å². The van der Waals surface area contributed by atoms with E-state index in [1.54, 1.807) is 4.68 Å². The molecule has 0 saturated carbocycles. The molecule has 4 atom stereocenters. The lowest BCUT2D eigenvalue weighted by Crippen LogP contribution is -2.50. The van der Waals surface area contributed by atoms with E-state index in [1.807, 2.05) is 6.20 Å². The number of aryl methyl sites for hydroxylation is 1. The number of ether oxygens (including phenoxy) is 2. The van der Waals surface area contributed by atoms with E-state index in [2.05, 4.69) is 17.2 Å². The van der Waals surface area contributed by atoms with E-state index >= 15 is 0 Å². The Bertz CT molecular complexity index is 398. The fraction of sp³-hybridized carbons (Fsp3) is 0.833. The van der Waals surface area contributed by atoms with Crippen molar-refractivity contribution in [3.05, 3.63) is 11.9 Å². The Hall–Kier alpha value is -1.02. The van der Waals surface area contributed by atoms with Gasteiger partial charge in [-0.3, -0.25) is 0 Å². The maximum atomic E-state index is 9.93. The average molecular weight is 271 g/mol. The molecule has 19 heavy (non-hydrogen) atoms. The van der Waals surface area contributed by atoms with E-state index in [9.17, 15) is 10.2 Å². The summed E-state index contributed by atoms with van der Waals surface area (Å²) in [6.07, 6.45) is 1.15. The molecule has 7 heteroatoms. The molecule has 2 rings (SSSR count). The molecule has 7 nitrogen and oxygen atoms in total. The number of hydrogen-bond donors (Lipinski definition) is 2. The molecule has 0 aromatic carbocycles. The van der Waals surface area contributed by atoms with Gasteiger partial charge in [0.1, 0.15) is 12.2 Å². The zero-order valence-corrected chi connectivity index (χ0v) is 11.3. The smallest absolute Gasteiger partial charge is 0.160 e. The van der Waals surface area contributed by atoms with Crippen molar-refractivity contribution in [1.82, 2.24) is 15.0 Å². The van der Waals surface area contributed by atoms with Crippen molar-refractivity contribution in [2.24, 2.45) is 0 Å². The fourth-order valence-corrected chi connectivity index (χ4v) is 2.20. The molecule has 0 spiro atoms. The first-order valence-electron chi connectivity index (χ1n) is 6.57. The average Bonchev–Trinajstić information content (AvgIpc) is 2.82. The second kappa shape index (κ2) is 6.42. The second-order valence-corrected chi connectivity index (χ2v) is 4.82. The SMILES string of the molecule is CCCc1cn(C[C@H]2O[C@H](OC)C[C@@H](O)[C@@H]2O)nn1. The number of aliphatic hydroxyl groups excluding tert-OH is 2. The zero-order valence-electron chi connectivity index (χ0n) is 11.3. The highest BCUT2D eigenvalue weighted by Gasteiger charge is 2.37. The van der Waals surface area contributed by atoms with Crippen LogP contribution in [0, 0.1) is 0 Å². The summed E-state index contributed by atoms with van der Waals surface area (Å²) in [6.45, 7) is 2.42. The predicted molar refractivity (Wildman–Crippen MR) is 66.3 cm³/mol. The standard InChI is InChI=1S/C12H21N3O4/c1-3-4-8-6-15(14-13-8)7-10-12(17)9(16)5-11(18-2)19-10/h6,9-12,16-17H,3-5,7H2,1-2H3/t9-,10-,11+,12+/m1/s1. The summed E-state index contributed by atoms with van der Waals surface area (Å²) < 4.78 is 12.3. The Labute approximate surface area is 112 Å². The molecular formula is C12H21N3O4. The normalized spacial score (nSPS) is 31.6. The minimum Gasteiger partial charge on any atom is -0.390 e. The maximum Gasteiger partial charge on any atom is 0.160 e. The number of methoxy groups -OCH3 is 1. The number of hydrogen-bond acceptors (Lipinski definition) is 6. The van der Waals surface area contributed by atoms with Crippen LogP contribution in [-0.2, 0) is 22.4 Å². The Kier molecular flexibility index (Phi) is 4.87. The lowest BCUT2D eigenvalue weighted by molar-refractivity contribution is -0.245. The first-order chi connectivity index (χ1) is 9.13. The van der Waals surface area contributed by atoms with E-state index in [1.165, 1.54) is 7.11 Å². The third-order valence-electron chi connectivity index (χ3n) is 3.26. The van der Waals surface area contributed by atoms with Crippen LogP contribution >= 0.6 is 0 Å². The van der Waals surface area contributed by atoms with Gasteiger partial charge in [-0.1, -0.05) is 18.6 Å². The van der Waals surface area contributed by atoms with Gasteiger partial charge in [0.05, 0.1) is 18.3 Å². The number of nitrogens with zero attached hydrogens (tertiary/aromatic N) is 3. The van der Waals surface area contributed by atoms with Crippen molar-refractivity contribution >= 4 is 0 Å². The van der Waals surface area contributed by atoms with E-state index in [0.717, 1.165) is 18.5 Å². The topological polar surface area (TPSA) is 89.6 Å². The molecule has 108 valence electrons. The molecule has 1 aliphatic rings. The van der Waals surface area contributed by atoms with Gasteiger partial charge >= 0.3 is 0 Å². The van der Waals surface area contributed by atoms with Crippen LogP contribution in [0.5, 0.6) is 0 Å². The van der Waals surface area contributed by atoms with Crippen molar-refractivity contribution in [3.8, 4) is 0 Å². The van der Waals surface area contributed by atoms with Crippen molar-refractivity contribution < 1.29 is 19.7 Å². The third-order valence-corrected chi connectivity index (χ3v) is 3.26. The molecule has 1 aliphatic heterocycles. The molecule has 2 heterocycles. The van der Waals surface area contributed by atoms with Gasteiger partial charge in [0.15, 0.2) is 6.29 Å². The summed E-state index contributed by atoms with van der Waals surface area (Å²) >= 11 is 0. The van der Waals surface area contributed by atoms with E-state index in [4.69, 9.17) is 9.47 Å². The van der Waals surface area contributed by atoms with Crippen LogP contribution in [0.15, 0.2) is 6.20 Å². The minimum absolute atomic E-state index is 0.270. The van der Waals surface area contributed by atoms with Crippen LogP contribution in [0.1, 0.15) is 25.5 Å². The van der Waals surface area contributed by atoms with Crippen LogP contribution in [0.2, 0.25) is 0 Å². The monoisotopic (exact) mass is 271 g/mol. The highest BCUT2D eigenvalue weighted by atomic mass is 16.7. The highest BCUT2D eigenvalue weighted by molar-refractivity contribution is 4.93. The summed E-state index contributed by atoms with van der Waals surface area (Å²) in [5.74, 6) is 0. The first-order valence-corrected chi connectivity index (χ1v) is 6.57. The van der Waals surface area contributed by atoms with Gasteiger partial charge in [-0.25, -0.2) is 4.68 Å². The van der Waals surface area contributed by atoms with Crippen LogP contribution in [0.3, 0.4) is 0 Å². The summed E-state index contributed by atoms with van der Waals surface area (Å²) in [7, 11) is 1.51. The lowest BCUT2D eigenvalue weighted by atomic mass is 10.0. The number of rotatable bonds is 5. The lowest BCUT2D eigenvalue weighted by Gasteiger charge is -2.36. The summed E-state index contributed by atoms with van der Waals surface area (Å²) in [5.41, 5.74) is 0.914. The predicted octanol–water partition coefficient (Wildman–Crippen LogP) is -0.286. The molecule has 0 aliphatic carbocycles. The van der Waals surface area contributed by atoms with E-state index in [-0.39, 0.29) is 6.42 Å². The summed E-state index contributed by atoms with van der Waals surface area (Å²) in [6, 6.07) is 0. The largest absolute Gasteiger partial charge is 0.390 e. The molecule has 0 unspecified atom stereocenters. The molecule has 1 aromatic heterocycles. The molecule has 1 saturated heterocycles. The van der Waals surface area contributed by atoms with Crippen LogP contribution < -0.4 is 0 Å². The maximum absolute atomic E-state index is 9.93. The number of aliphatic hydroxyl groups is 2. The molecule has 0 radical (unpaired) electrons. The van der Waals surface area contributed by atoms with Gasteiger partial charge in [-0.15, -0.1) is 5.10 Å². The van der Waals surface area contributed by atoms with Gasteiger partial charge < -0.3 is 19.7 Å². The van der Waals surface area contributed by atoms with Gasteiger partial charge in [-0.2, -0.15) is 0 Å². The van der Waals surface area contributed by atoms with Gasteiger partial charge in [-0.05, 0) is 6.42 Å².